The van der Waals surface area contributed by atoms with E-state index in [1.807, 2.05) is 13.0 Å². The van der Waals surface area contributed by atoms with Crippen LogP contribution in [-0.2, 0) is 11.3 Å². The van der Waals surface area contributed by atoms with Crippen LogP contribution in [0.5, 0.6) is 0 Å². The summed E-state index contributed by atoms with van der Waals surface area (Å²) < 4.78 is 15.2. The number of halogens is 1. The van der Waals surface area contributed by atoms with Crippen molar-refractivity contribution in [1.29, 1.82) is 0 Å². The smallest absolute Gasteiger partial charge is 0.337 e. The Hall–Kier alpha value is -3.29. The maximum atomic E-state index is 13.0. The van der Waals surface area contributed by atoms with Gasteiger partial charge >= 0.3 is 5.69 Å². The molecule has 8 heteroatoms. The molecule has 1 heterocycles. The summed E-state index contributed by atoms with van der Waals surface area (Å²) in [5, 5.41) is 7.59. The first kappa shape index (κ1) is 17.5. The van der Waals surface area contributed by atoms with Crippen LogP contribution in [0.3, 0.4) is 0 Å². The molecule has 2 aromatic carbocycles. The number of carbonyl (C=O) groups excluding carboxylic acids is 1. The largest absolute Gasteiger partial charge is 0.368 e. The van der Waals surface area contributed by atoms with Gasteiger partial charge in [0, 0.05) is 7.05 Å². The molecule has 0 saturated carbocycles. The highest BCUT2D eigenvalue weighted by Gasteiger charge is 2.20. The van der Waals surface area contributed by atoms with Crippen molar-refractivity contribution >= 4 is 5.91 Å². The first-order valence-electron chi connectivity index (χ1n) is 8.06. The van der Waals surface area contributed by atoms with E-state index in [-0.39, 0.29) is 24.3 Å². The predicted molar refractivity (Wildman–Crippen MR) is 93.2 cm³/mol. The molecule has 0 spiro atoms. The van der Waals surface area contributed by atoms with Crippen LogP contribution in [0.15, 0.2) is 59.4 Å². The number of aromatic nitrogens is 4. The zero-order chi connectivity index (χ0) is 18.7. The summed E-state index contributed by atoms with van der Waals surface area (Å²) in [6.07, 6.45) is 0. The summed E-state index contributed by atoms with van der Waals surface area (Å²) in [6.45, 7) is 1.60. The van der Waals surface area contributed by atoms with E-state index in [9.17, 15) is 14.0 Å². The van der Waals surface area contributed by atoms with Crippen molar-refractivity contribution in [1.82, 2.24) is 24.7 Å². The van der Waals surface area contributed by atoms with Gasteiger partial charge < -0.3 is 4.90 Å². The zero-order valence-electron chi connectivity index (χ0n) is 14.4. The van der Waals surface area contributed by atoms with Crippen molar-refractivity contribution in [2.24, 2.45) is 0 Å². The van der Waals surface area contributed by atoms with Crippen LogP contribution in [0, 0.1) is 5.82 Å². The van der Waals surface area contributed by atoms with Gasteiger partial charge in [-0.05, 0) is 47.2 Å². The average Bonchev–Trinajstić information content (AvgIpc) is 3.02. The van der Waals surface area contributed by atoms with E-state index in [4.69, 9.17) is 0 Å². The molecular formula is C18H18FN5O2. The molecule has 26 heavy (non-hydrogen) atoms. The number of rotatable bonds is 5. The summed E-state index contributed by atoms with van der Waals surface area (Å²) in [6, 6.07) is 14.5. The van der Waals surface area contributed by atoms with Crippen molar-refractivity contribution in [2.75, 3.05) is 7.05 Å². The number of tetrazole rings is 1. The van der Waals surface area contributed by atoms with Gasteiger partial charge in [-0.15, -0.1) is 0 Å². The molecule has 3 aromatic rings. The molecule has 134 valence electrons. The fraction of sp³-hybridized carbons (Fsp3) is 0.222. The number of nitrogens with zero attached hydrogens (tertiary/aromatic N) is 5. The lowest BCUT2D eigenvalue weighted by molar-refractivity contribution is -0.132. The van der Waals surface area contributed by atoms with E-state index >= 15 is 0 Å². The lowest BCUT2D eigenvalue weighted by Crippen LogP contribution is -2.36. The first-order valence-corrected chi connectivity index (χ1v) is 8.06. The van der Waals surface area contributed by atoms with Crippen LogP contribution in [0.4, 0.5) is 4.39 Å². The molecule has 0 aliphatic carbocycles. The van der Waals surface area contributed by atoms with Crippen LogP contribution < -0.4 is 5.69 Å². The normalized spacial score (nSPS) is 12.0. The van der Waals surface area contributed by atoms with Crippen molar-refractivity contribution in [3.05, 3.63) is 76.5 Å². The minimum atomic E-state index is -0.493. The van der Waals surface area contributed by atoms with Gasteiger partial charge in [0.1, 0.15) is 12.4 Å². The molecule has 0 bridgehead atoms. The molecule has 0 N–H and O–H groups in total. The third kappa shape index (κ3) is 3.53. The van der Waals surface area contributed by atoms with Gasteiger partial charge in [0.05, 0.1) is 11.7 Å². The van der Waals surface area contributed by atoms with Crippen LogP contribution >= 0.6 is 0 Å². The second-order valence-electron chi connectivity index (χ2n) is 5.90. The number of hydrogen-bond donors (Lipinski definition) is 0. The van der Waals surface area contributed by atoms with Crippen LogP contribution in [0.2, 0.25) is 0 Å². The topological polar surface area (TPSA) is 73.0 Å². The van der Waals surface area contributed by atoms with Crippen molar-refractivity contribution < 1.29 is 9.18 Å². The second kappa shape index (κ2) is 7.30. The van der Waals surface area contributed by atoms with Gasteiger partial charge in [0.15, 0.2) is 0 Å². The molecule has 0 unspecified atom stereocenters. The van der Waals surface area contributed by atoms with E-state index in [1.54, 1.807) is 43.4 Å². The first-order chi connectivity index (χ1) is 12.5. The molecule has 7 nitrogen and oxygen atoms in total. The van der Waals surface area contributed by atoms with Gasteiger partial charge in [0.2, 0.25) is 5.91 Å². The Morgan fingerprint density at radius 2 is 1.77 bits per heavy atom. The summed E-state index contributed by atoms with van der Waals surface area (Å²) >= 11 is 0. The third-order valence-electron chi connectivity index (χ3n) is 4.25. The van der Waals surface area contributed by atoms with Crippen LogP contribution in [0.1, 0.15) is 18.5 Å². The van der Waals surface area contributed by atoms with E-state index in [0.29, 0.717) is 5.69 Å². The SMILES string of the molecule is C[C@@H](c1ccc(F)cc1)N(C)C(=O)Cn1nnn(-c2ccccc2)c1=O. The van der Waals surface area contributed by atoms with Gasteiger partial charge in [-0.25, -0.2) is 9.18 Å². The lowest BCUT2D eigenvalue weighted by atomic mass is 10.1. The number of likely N-dealkylation sites (N-methyl/N-ethyl adjacent to an activating group) is 1. The summed E-state index contributed by atoms with van der Waals surface area (Å²) in [4.78, 5) is 26.4. The Morgan fingerprint density at radius 1 is 1.12 bits per heavy atom. The van der Waals surface area contributed by atoms with Crippen molar-refractivity contribution in [3.8, 4) is 5.69 Å². The molecule has 0 saturated heterocycles. The fourth-order valence-electron chi connectivity index (χ4n) is 2.53. The van der Waals surface area contributed by atoms with Crippen LogP contribution in [0.25, 0.3) is 5.69 Å². The van der Waals surface area contributed by atoms with Crippen LogP contribution in [-0.4, -0.2) is 37.6 Å². The Morgan fingerprint density at radius 3 is 2.42 bits per heavy atom. The van der Waals surface area contributed by atoms with Crippen molar-refractivity contribution in [3.63, 3.8) is 0 Å². The monoisotopic (exact) mass is 355 g/mol. The van der Waals surface area contributed by atoms with Gasteiger partial charge in [-0.1, -0.05) is 30.3 Å². The minimum Gasteiger partial charge on any atom is -0.337 e. The van der Waals surface area contributed by atoms with Gasteiger partial charge in [-0.3, -0.25) is 4.79 Å². The standard InChI is InChI=1S/C18H18FN5O2/c1-13(14-8-10-15(19)11-9-14)22(2)17(25)12-23-18(26)24(21-20-23)16-6-4-3-5-7-16/h3-11,13H,12H2,1-2H3/t13-/m0/s1. The van der Waals surface area contributed by atoms with E-state index < -0.39 is 5.69 Å². The van der Waals surface area contributed by atoms with E-state index in [0.717, 1.165) is 14.9 Å². The number of hydrogen-bond acceptors (Lipinski definition) is 4. The molecular weight excluding hydrogens is 337 g/mol. The summed E-state index contributed by atoms with van der Waals surface area (Å²) in [5.74, 6) is -0.636. The minimum absolute atomic E-state index is 0.228. The van der Waals surface area contributed by atoms with Crippen molar-refractivity contribution in [2.45, 2.75) is 19.5 Å². The lowest BCUT2D eigenvalue weighted by Gasteiger charge is -2.25. The quantitative estimate of drug-likeness (QED) is 0.699. The fourth-order valence-corrected chi connectivity index (χ4v) is 2.53. The molecule has 0 fully saturated rings. The average molecular weight is 355 g/mol. The molecule has 0 radical (unpaired) electrons. The highest BCUT2D eigenvalue weighted by atomic mass is 19.1. The number of carbonyl (C=O) groups is 1. The van der Waals surface area contributed by atoms with E-state index in [1.165, 1.54) is 17.0 Å². The highest BCUT2D eigenvalue weighted by Crippen LogP contribution is 2.19. The Labute approximate surface area is 149 Å². The van der Waals surface area contributed by atoms with E-state index in [2.05, 4.69) is 10.4 Å². The number of benzene rings is 2. The Balaban J connectivity index is 1.75. The van der Waals surface area contributed by atoms with Gasteiger partial charge in [0.25, 0.3) is 0 Å². The second-order valence-corrected chi connectivity index (χ2v) is 5.90. The molecule has 1 amide bonds. The highest BCUT2D eigenvalue weighted by molar-refractivity contribution is 5.76. The molecule has 0 aliphatic rings. The summed E-state index contributed by atoms with van der Waals surface area (Å²) in [5.41, 5.74) is 0.874. The Bertz CT molecular complexity index is 950. The maximum absolute atomic E-state index is 13.0. The molecule has 1 aromatic heterocycles. The Kier molecular flexibility index (Phi) is 4.92. The third-order valence-corrected chi connectivity index (χ3v) is 4.25. The maximum Gasteiger partial charge on any atom is 0.368 e. The number of amides is 1. The molecule has 3 rings (SSSR count). The zero-order valence-corrected chi connectivity index (χ0v) is 14.4. The summed E-state index contributed by atoms with van der Waals surface area (Å²) in [7, 11) is 1.63. The predicted octanol–water partition coefficient (Wildman–Crippen LogP) is 1.79. The number of para-hydroxylation sites is 1. The van der Waals surface area contributed by atoms with Gasteiger partial charge in [-0.2, -0.15) is 9.36 Å². The molecule has 1 atom stereocenters. The molecule has 0 aliphatic heterocycles.